The van der Waals surface area contributed by atoms with Crippen LogP contribution in [0.15, 0.2) is 91.0 Å². The summed E-state index contributed by atoms with van der Waals surface area (Å²) in [6, 6.07) is 30.0. The number of benzene rings is 4. The second-order valence-corrected chi connectivity index (χ2v) is 7.66. The van der Waals surface area contributed by atoms with E-state index in [1.807, 2.05) is 30.3 Å². The van der Waals surface area contributed by atoms with E-state index in [0.29, 0.717) is 24.4 Å². The third kappa shape index (κ3) is 3.81. The summed E-state index contributed by atoms with van der Waals surface area (Å²) >= 11 is 0. The number of nitrogens with zero attached hydrogens (tertiary/aromatic N) is 2. The zero-order valence-corrected chi connectivity index (χ0v) is 17.8. The summed E-state index contributed by atoms with van der Waals surface area (Å²) in [4.78, 5) is 17.6. The lowest BCUT2D eigenvalue weighted by Crippen LogP contribution is -2.25. The van der Waals surface area contributed by atoms with Gasteiger partial charge >= 0.3 is 0 Å². The molecule has 0 bridgehead atoms. The number of aromatic nitrogens is 2. The molecule has 158 valence electrons. The van der Waals surface area contributed by atoms with Gasteiger partial charge in [-0.15, -0.1) is 0 Å². The largest absolute Gasteiger partial charge is 0.497 e. The molecule has 0 aliphatic heterocycles. The van der Waals surface area contributed by atoms with Gasteiger partial charge in [-0.3, -0.25) is 4.79 Å². The maximum Gasteiger partial charge on any atom is 0.251 e. The molecule has 0 fully saturated rings. The molecule has 0 radical (unpaired) electrons. The fourth-order valence-corrected chi connectivity index (χ4v) is 4.06. The van der Waals surface area contributed by atoms with Crippen molar-refractivity contribution in [1.82, 2.24) is 14.9 Å². The van der Waals surface area contributed by atoms with Gasteiger partial charge < -0.3 is 14.6 Å². The second kappa shape index (κ2) is 8.55. The molecule has 0 unspecified atom stereocenters. The Hall–Kier alpha value is -4.12. The minimum atomic E-state index is -0.160. The van der Waals surface area contributed by atoms with Crippen LogP contribution in [0.25, 0.3) is 21.8 Å². The molecule has 5 nitrogen and oxygen atoms in total. The van der Waals surface area contributed by atoms with Crippen LogP contribution in [0.3, 0.4) is 0 Å². The number of carbonyl (C=O) groups is 1. The summed E-state index contributed by atoms with van der Waals surface area (Å²) in [6.07, 6.45) is 0. The first-order valence-electron chi connectivity index (χ1n) is 10.6. The molecule has 1 N–H and O–H groups in total. The van der Waals surface area contributed by atoms with Gasteiger partial charge in [0.05, 0.1) is 31.2 Å². The van der Waals surface area contributed by atoms with Crippen LogP contribution in [-0.4, -0.2) is 22.6 Å². The number of hydrogen-bond acceptors (Lipinski definition) is 3. The van der Waals surface area contributed by atoms with E-state index in [1.165, 1.54) is 16.3 Å². The van der Waals surface area contributed by atoms with Crippen LogP contribution in [-0.2, 0) is 13.1 Å². The molecule has 1 aromatic heterocycles. The van der Waals surface area contributed by atoms with E-state index in [0.717, 1.165) is 16.9 Å². The van der Waals surface area contributed by atoms with Gasteiger partial charge in [-0.25, -0.2) is 4.98 Å². The Labute approximate surface area is 186 Å². The molecule has 0 atom stereocenters. The number of imidazole rings is 1. The van der Waals surface area contributed by atoms with E-state index in [1.54, 1.807) is 19.2 Å². The quantitative estimate of drug-likeness (QED) is 0.411. The van der Waals surface area contributed by atoms with Gasteiger partial charge in [-0.05, 0) is 46.7 Å². The van der Waals surface area contributed by atoms with Crippen molar-refractivity contribution in [2.75, 3.05) is 7.11 Å². The monoisotopic (exact) mass is 421 g/mol. The minimum Gasteiger partial charge on any atom is -0.497 e. The molecular weight excluding hydrogens is 398 g/mol. The Bertz CT molecular complexity index is 1420. The van der Waals surface area contributed by atoms with Gasteiger partial charge in [0.2, 0.25) is 0 Å². The molecule has 0 spiro atoms. The lowest BCUT2D eigenvalue weighted by atomic mass is 10.0. The number of carbonyl (C=O) groups excluding carboxylic acids is 1. The zero-order valence-electron chi connectivity index (χ0n) is 17.8. The number of amides is 1. The molecule has 5 heteroatoms. The van der Waals surface area contributed by atoms with Crippen molar-refractivity contribution < 1.29 is 9.53 Å². The lowest BCUT2D eigenvalue weighted by Gasteiger charge is -2.13. The number of nitrogens with one attached hydrogen (secondary N) is 1. The third-order valence-corrected chi connectivity index (χ3v) is 5.68. The lowest BCUT2D eigenvalue weighted by molar-refractivity contribution is 0.0949. The van der Waals surface area contributed by atoms with Gasteiger partial charge in [0.25, 0.3) is 5.91 Å². The molecule has 1 heterocycles. The van der Waals surface area contributed by atoms with Gasteiger partial charge in [0.1, 0.15) is 11.6 Å². The van der Waals surface area contributed by atoms with Crippen LogP contribution < -0.4 is 10.1 Å². The van der Waals surface area contributed by atoms with E-state index in [4.69, 9.17) is 9.72 Å². The molecule has 0 aliphatic carbocycles. The number of para-hydroxylation sites is 2. The number of methoxy groups -OCH3 is 1. The zero-order chi connectivity index (χ0) is 21.9. The topological polar surface area (TPSA) is 56.1 Å². The first kappa shape index (κ1) is 19.8. The van der Waals surface area contributed by atoms with Crippen LogP contribution in [0.4, 0.5) is 0 Å². The normalized spacial score (nSPS) is 11.0. The standard InChI is InChI=1S/C27H23N3O2/c1-32-22-12-7-10-20(16-22)27(31)28-17-26-29-24-14-4-5-15-25(24)30(26)18-21-11-6-9-19-8-2-3-13-23(19)21/h2-16H,17-18H2,1H3,(H,28,31). The summed E-state index contributed by atoms with van der Waals surface area (Å²) in [5, 5.41) is 5.44. The van der Waals surface area contributed by atoms with Crippen molar-refractivity contribution in [3.05, 3.63) is 108 Å². The van der Waals surface area contributed by atoms with E-state index in [9.17, 15) is 4.79 Å². The first-order chi connectivity index (χ1) is 15.7. The van der Waals surface area contributed by atoms with E-state index in [-0.39, 0.29) is 5.91 Å². The van der Waals surface area contributed by atoms with Crippen molar-refractivity contribution in [1.29, 1.82) is 0 Å². The van der Waals surface area contributed by atoms with Crippen molar-refractivity contribution >= 4 is 27.7 Å². The van der Waals surface area contributed by atoms with Crippen molar-refractivity contribution in [3.8, 4) is 5.75 Å². The van der Waals surface area contributed by atoms with Gasteiger partial charge in [0.15, 0.2) is 0 Å². The first-order valence-corrected chi connectivity index (χ1v) is 10.6. The average Bonchev–Trinajstić information content (AvgIpc) is 3.20. The van der Waals surface area contributed by atoms with Crippen LogP contribution in [0.1, 0.15) is 21.7 Å². The maximum absolute atomic E-state index is 12.7. The highest BCUT2D eigenvalue weighted by Crippen LogP contribution is 2.23. The Morgan fingerprint density at radius 2 is 1.72 bits per heavy atom. The highest BCUT2D eigenvalue weighted by Gasteiger charge is 2.14. The second-order valence-electron chi connectivity index (χ2n) is 7.66. The Morgan fingerprint density at radius 3 is 2.62 bits per heavy atom. The van der Waals surface area contributed by atoms with Gasteiger partial charge in [-0.1, -0.05) is 60.7 Å². The fraction of sp³-hybridized carbons (Fsp3) is 0.111. The number of hydrogen-bond donors (Lipinski definition) is 1. The van der Waals surface area contributed by atoms with Crippen molar-refractivity contribution in [2.24, 2.45) is 0 Å². The Morgan fingerprint density at radius 1 is 0.938 bits per heavy atom. The molecule has 0 saturated heterocycles. The molecule has 0 aliphatic rings. The van der Waals surface area contributed by atoms with Crippen molar-refractivity contribution in [2.45, 2.75) is 13.1 Å². The van der Waals surface area contributed by atoms with Gasteiger partial charge in [0, 0.05) is 5.56 Å². The number of ether oxygens (including phenoxy) is 1. The third-order valence-electron chi connectivity index (χ3n) is 5.68. The summed E-state index contributed by atoms with van der Waals surface area (Å²) in [5.41, 5.74) is 3.73. The molecule has 5 aromatic rings. The summed E-state index contributed by atoms with van der Waals surface area (Å²) in [5.74, 6) is 1.31. The molecule has 0 saturated carbocycles. The van der Waals surface area contributed by atoms with E-state index < -0.39 is 0 Å². The van der Waals surface area contributed by atoms with Crippen LogP contribution >= 0.6 is 0 Å². The van der Waals surface area contributed by atoms with E-state index in [2.05, 4.69) is 58.4 Å². The summed E-state index contributed by atoms with van der Waals surface area (Å²) in [6.45, 7) is 1.00. The number of rotatable bonds is 6. The summed E-state index contributed by atoms with van der Waals surface area (Å²) in [7, 11) is 1.59. The molecule has 32 heavy (non-hydrogen) atoms. The molecule has 4 aromatic carbocycles. The van der Waals surface area contributed by atoms with Gasteiger partial charge in [-0.2, -0.15) is 0 Å². The summed E-state index contributed by atoms with van der Waals surface area (Å²) < 4.78 is 7.42. The molecule has 1 amide bonds. The van der Waals surface area contributed by atoms with Crippen LogP contribution in [0, 0.1) is 0 Å². The van der Waals surface area contributed by atoms with Crippen LogP contribution in [0.5, 0.6) is 5.75 Å². The minimum absolute atomic E-state index is 0.160. The van der Waals surface area contributed by atoms with E-state index >= 15 is 0 Å². The number of fused-ring (bicyclic) bond motifs is 2. The molecular formula is C27H23N3O2. The van der Waals surface area contributed by atoms with Crippen LogP contribution in [0.2, 0.25) is 0 Å². The highest BCUT2D eigenvalue weighted by molar-refractivity contribution is 5.94. The molecule has 5 rings (SSSR count). The predicted octanol–water partition coefficient (Wildman–Crippen LogP) is 5.18. The predicted molar refractivity (Wildman–Crippen MR) is 127 cm³/mol. The Kier molecular flexibility index (Phi) is 5.30. The Balaban J connectivity index is 1.47. The smallest absolute Gasteiger partial charge is 0.251 e. The average molecular weight is 422 g/mol. The fourth-order valence-electron chi connectivity index (χ4n) is 4.06. The maximum atomic E-state index is 12.7. The highest BCUT2D eigenvalue weighted by atomic mass is 16.5. The van der Waals surface area contributed by atoms with Crippen molar-refractivity contribution in [3.63, 3.8) is 0 Å². The SMILES string of the molecule is COc1cccc(C(=O)NCc2nc3ccccc3n2Cc2cccc3ccccc23)c1.